The highest BCUT2D eigenvalue weighted by Crippen LogP contribution is 2.37. The van der Waals surface area contributed by atoms with E-state index in [-0.39, 0.29) is 12.3 Å². The third-order valence-corrected chi connectivity index (χ3v) is 3.33. The smallest absolute Gasteiger partial charge is 0.00952 e. The Bertz CT molecular complexity index is 465. The fraction of sp³-hybridized carbons (Fsp3) is 0.200. The van der Waals surface area contributed by atoms with Gasteiger partial charge in [-0.3, -0.25) is 0 Å². The van der Waals surface area contributed by atoms with E-state index in [0.717, 1.165) is 0 Å². The predicted molar refractivity (Wildman–Crippen MR) is 73.1 cm³/mol. The molecule has 0 bridgehead atoms. The molecule has 0 radical (unpaired) electrons. The van der Waals surface area contributed by atoms with Crippen molar-refractivity contribution in [2.24, 2.45) is 0 Å². The van der Waals surface area contributed by atoms with Gasteiger partial charge in [-0.05, 0) is 29.5 Å². The number of fused-ring (bicyclic) bond motifs is 1. The van der Waals surface area contributed by atoms with E-state index in [1.54, 1.807) is 0 Å². The molecule has 1 unspecified atom stereocenters. The number of hydrogen-bond acceptors (Lipinski definition) is 2. The second-order valence-corrected chi connectivity index (χ2v) is 4.20. The highest BCUT2D eigenvalue weighted by Gasteiger charge is 2.22. The lowest BCUT2D eigenvalue weighted by atomic mass is 9.93. The molecule has 1 aliphatic rings. The van der Waals surface area contributed by atoms with Crippen molar-refractivity contribution >= 4 is 0 Å². The van der Waals surface area contributed by atoms with Crippen LogP contribution in [0.25, 0.3) is 0 Å². The molecular weight excluding hydrogens is 208 g/mol. The zero-order valence-electron chi connectivity index (χ0n) is 10.1. The highest BCUT2D eigenvalue weighted by atomic mass is 14.3. The van der Waals surface area contributed by atoms with Crippen LogP contribution in [0.3, 0.4) is 0 Å². The molecule has 17 heavy (non-hydrogen) atoms. The van der Waals surface area contributed by atoms with Crippen LogP contribution in [0.1, 0.15) is 29.0 Å². The molecule has 0 aliphatic heterocycles. The van der Waals surface area contributed by atoms with Crippen molar-refractivity contribution in [3.63, 3.8) is 0 Å². The largest absolute Gasteiger partial charge is 0.344 e. The van der Waals surface area contributed by atoms with Crippen molar-refractivity contribution in [1.82, 2.24) is 12.3 Å². The standard InChI is InChI=1S/C15H14.2H3N/c1-2-6-12(7-3-1)15-11-10-13-8-4-5-9-14(13)15;;/h1-9,15H,10-11H2;2*1H3. The molecule has 0 spiro atoms. The number of hydrogen-bond donors (Lipinski definition) is 2. The van der Waals surface area contributed by atoms with Gasteiger partial charge in [0.1, 0.15) is 0 Å². The van der Waals surface area contributed by atoms with Crippen LogP contribution in [0.15, 0.2) is 54.6 Å². The Kier molecular flexibility index (Phi) is 4.44. The molecule has 2 nitrogen and oxygen atoms in total. The summed E-state index contributed by atoms with van der Waals surface area (Å²) in [5.41, 5.74) is 4.53. The summed E-state index contributed by atoms with van der Waals surface area (Å²) in [5.74, 6) is 0.627. The summed E-state index contributed by atoms with van der Waals surface area (Å²) in [6, 6.07) is 19.7. The van der Waals surface area contributed by atoms with Crippen molar-refractivity contribution in [3.05, 3.63) is 71.3 Å². The van der Waals surface area contributed by atoms with E-state index < -0.39 is 0 Å². The zero-order valence-corrected chi connectivity index (χ0v) is 10.1. The normalized spacial score (nSPS) is 16.6. The number of rotatable bonds is 1. The van der Waals surface area contributed by atoms with Crippen LogP contribution in [0.5, 0.6) is 0 Å². The van der Waals surface area contributed by atoms with Gasteiger partial charge in [0.05, 0.1) is 0 Å². The molecule has 2 aromatic rings. The van der Waals surface area contributed by atoms with E-state index in [4.69, 9.17) is 0 Å². The molecule has 0 saturated carbocycles. The van der Waals surface area contributed by atoms with E-state index in [1.807, 2.05) is 0 Å². The van der Waals surface area contributed by atoms with E-state index in [0.29, 0.717) is 5.92 Å². The van der Waals surface area contributed by atoms with Crippen molar-refractivity contribution in [2.75, 3.05) is 0 Å². The predicted octanol–water partition coefficient (Wildman–Crippen LogP) is 4.09. The van der Waals surface area contributed by atoms with Crippen LogP contribution in [0.4, 0.5) is 0 Å². The maximum atomic E-state index is 2.28. The lowest BCUT2D eigenvalue weighted by molar-refractivity contribution is 0.788. The molecule has 0 heterocycles. The minimum absolute atomic E-state index is 0. The van der Waals surface area contributed by atoms with Crippen LogP contribution in [0, 0.1) is 0 Å². The summed E-state index contributed by atoms with van der Waals surface area (Å²) in [5, 5.41) is 0. The molecule has 2 heteroatoms. The molecule has 0 fully saturated rings. The molecule has 2 aromatic carbocycles. The summed E-state index contributed by atoms with van der Waals surface area (Å²) in [7, 11) is 0. The first kappa shape index (κ1) is 13.4. The fourth-order valence-electron chi connectivity index (χ4n) is 2.59. The third kappa shape index (κ3) is 2.38. The van der Waals surface area contributed by atoms with Crippen LogP contribution in [0.2, 0.25) is 0 Å². The Morgan fingerprint density at radius 2 is 1.41 bits per heavy atom. The van der Waals surface area contributed by atoms with Gasteiger partial charge in [0.15, 0.2) is 0 Å². The highest BCUT2D eigenvalue weighted by molar-refractivity contribution is 5.41. The van der Waals surface area contributed by atoms with Gasteiger partial charge in [0.25, 0.3) is 0 Å². The van der Waals surface area contributed by atoms with Gasteiger partial charge >= 0.3 is 0 Å². The van der Waals surface area contributed by atoms with Crippen LogP contribution < -0.4 is 12.3 Å². The van der Waals surface area contributed by atoms with Crippen LogP contribution >= 0.6 is 0 Å². The summed E-state index contributed by atoms with van der Waals surface area (Å²) in [4.78, 5) is 0. The van der Waals surface area contributed by atoms with E-state index in [9.17, 15) is 0 Å². The molecule has 0 aromatic heterocycles. The molecular formula is C15H20N2. The molecule has 0 amide bonds. The monoisotopic (exact) mass is 228 g/mol. The average molecular weight is 228 g/mol. The summed E-state index contributed by atoms with van der Waals surface area (Å²) >= 11 is 0. The van der Waals surface area contributed by atoms with E-state index >= 15 is 0 Å². The first-order valence-electron chi connectivity index (χ1n) is 5.58. The number of aryl methyl sites for hydroxylation is 1. The quantitative estimate of drug-likeness (QED) is 0.771. The van der Waals surface area contributed by atoms with Gasteiger partial charge in [-0.1, -0.05) is 54.6 Å². The molecule has 6 N–H and O–H groups in total. The first-order chi connectivity index (χ1) is 7.45. The first-order valence-corrected chi connectivity index (χ1v) is 5.58. The lowest BCUT2D eigenvalue weighted by Crippen LogP contribution is -1.94. The van der Waals surface area contributed by atoms with E-state index in [2.05, 4.69) is 54.6 Å². The molecule has 1 aliphatic carbocycles. The van der Waals surface area contributed by atoms with Gasteiger partial charge in [-0.15, -0.1) is 0 Å². The third-order valence-electron chi connectivity index (χ3n) is 3.33. The maximum absolute atomic E-state index is 2.28. The van der Waals surface area contributed by atoms with Crippen LogP contribution in [-0.4, -0.2) is 0 Å². The minimum atomic E-state index is 0. The van der Waals surface area contributed by atoms with E-state index in [1.165, 1.54) is 29.5 Å². The van der Waals surface area contributed by atoms with Gasteiger partial charge in [0.2, 0.25) is 0 Å². The zero-order chi connectivity index (χ0) is 10.1. The summed E-state index contributed by atoms with van der Waals surface area (Å²) in [6.45, 7) is 0. The van der Waals surface area contributed by atoms with Crippen molar-refractivity contribution in [2.45, 2.75) is 18.8 Å². The Hall–Kier alpha value is -1.64. The molecule has 90 valence electrons. The Balaban J connectivity index is 0.000000722. The van der Waals surface area contributed by atoms with Gasteiger partial charge < -0.3 is 12.3 Å². The molecule has 3 rings (SSSR count). The second-order valence-electron chi connectivity index (χ2n) is 4.20. The van der Waals surface area contributed by atoms with Crippen molar-refractivity contribution in [1.29, 1.82) is 0 Å². The Labute approximate surface area is 103 Å². The van der Waals surface area contributed by atoms with Gasteiger partial charge in [0, 0.05) is 5.92 Å². The Morgan fingerprint density at radius 1 is 0.765 bits per heavy atom. The molecule has 0 saturated heterocycles. The van der Waals surface area contributed by atoms with Crippen LogP contribution in [-0.2, 0) is 6.42 Å². The van der Waals surface area contributed by atoms with Crippen molar-refractivity contribution in [3.8, 4) is 0 Å². The second kappa shape index (κ2) is 5.62. The average Bonchev–Trinajstić information content (AvgIpc) is 2.74. The SMILES string of the molecule is N.N.c1ccc(C2CCc3ccccc32)cc1. The van der Waals surface area contributed by atoms with Gasteiger partial charge in [-0.25, -0.2) is 0 Å². The Morgan fingerprint density at radius 3 is 2.18 bits per heavy atom. The van der Waals surface area contributed by atoms with Crippen molar-refractivity contribution < 1.29 is 0 Å². The fourth-order valence-corrected chi connectivity index (χ4v) is 2.59. The maximum Gasteiger partial charge on any atom is 0.00952 e. The molecule has 1 atom stereocenters. The summed E-state index contributed by atoms with van der Waals surface area (Å²) < 4.78 is 0. The minimum Gasteiger partial charge on any atom is -0.344 e. The number of benzene rings is 2. The van der Waals surface area contributed by atoms with Gasteiger partial charge in [-0.2, -0.15) is 0 Å². The lowest BCUT2D eigenvalue weighted by Gasteiger charge is -2.11. The topological polar surface area (TPSA) is 70.0 Å². The summed E-state index contributed by atoms with van der Waals surface area (Å²) in [6.07, 6.45) is 2.50.